The molecule has 0 aromatic heterocycles. The van der Waals surface area contributed by atoms with Crippen LogP contribution in [-0.2, 0) is 22.6 Å². The van der Waals surface area contributed by atoms with Crippen LogP contribution in [0, 0.1) is 6.92 Å². The summed E-state index contributed by atoms with van der Waals surface area (Å²) in [7, 11) is 4.10. The highest BCUT2D eigenvalue weighted by Crippen LogP contribution is 2.39. The number of benzene rings is 3. The van der Waals surface area contributed by atoms with Gasteiger partial charge in [-0.3, -0.25) is 9.59 Å². The molecule has 0 saturated carbocycles. The zero-order valence-electron chi connectivity index (χ0n) is 22.6. The molecule has 0 bridgehead atoms. The van der Waals surface area contributed by atoms with E-state index >= 15 is 0 Å². The van der Waals surface area contributed by atoms with E-state index < -0.39 is 23.5 Å². The zero-order chi connectivity index (χ0) is 27.2. The average molecular weight is 513 g/mol. The second-order valence-corrected chi connectivity index (χ2v) is 10.1. The summed E-state index contributed by atoms with van der Waals surface area (Å²) >= 11 is 0. The van der Waals surface area contributed by atoms with E-state index in [1.54, 1.807) is 23.1 Å². The van der Waals surface area contributed by atoms with Gasteiger partial charge in [-0.25, -0.2) is 0 Å². The van der Waals surface area contributed by atoms with E-state index in [-0.39, 0.29) is 5.57 Å². The number of carbonyl (C=O) groups is 2. The maximum atomic E-state index is 13.8. The minimum Gasteiger partial charge on any atom is -0.872 e. The van der Waals surface area contributed by atoms with Gasteiger partial charge >= 0.3 is 0 Å². The number of carbonyl (C=O) groups excluding carboxylic acids is 2. The van der Waals surface area contributed by atoms with E-state index in [2.05, 4.69) is 21.0 Å². The molecular weight excluding hydrogens is 476 g/mol. The molecule has 0 aliphatic carbocycles. The van der Waals surface area contributed by atoms with Crippen LogP contribution in [0.25, 0.3) is 5.76 Å². The van der Waals surface area contributed by atoms with Crippen LogP contribution in [0.5, 0.6) is 5.75 Å². The Balaban J connectivity index is 1.68. The third-order valence-electron chi connectivity index (χ3n) is 6.98. The minimum absolute atomic E-state index is 0.0220. The molecular formula is C32H36N2O4. The Hall–Kier alpha value is -3.90. The Kier molecular flexibility index (Phi) is 8.64. The van der Waals surface area contributed by atoms with Gasteiger partial charge in [-0.15, -0.1) is 0 Å². The van der Waals surface area contributed by atoms with E-state index in [1.165, 1.54) is 4.90 Å². The minimum atomic E-state index is -0.709. The molecule has 3 aromatic rings. The largest absolute Gasteiger partial charge is 0.872 e. The monoisotopic (exact) mass is 512 g/mol. The molecule has 1 heterocycles. The second kappa shape index (κ2) is 12.1. The van der Waals surface area contributed by atoms with Gasteiger partial charge in [-0.05, 0) is 53.3 Å². The molecule has 0 spiro atoms. The Morgan fingerprint density at radius 2 is 1.68 bits per heavy atom. The molecule has 3 aromatic carbocycles. The van der Waals surface area contributed by atoms with Gasteiger partial charge in [0, 0.05) is 18.5 Å². The number of hydrogen-bond acceptors (Lipinski definition) is 4. The third kappa shape index (κ3) is 5.97. The Morgan fingerprint density at radius 1 is 0.974 bits per heavy atom. The highest BCUT2D eigenvalue weighted by molar-refractivity contribution is 6.46. The molecule has 1 unspecified atom stereocenters. The second-order valence-electron chi connectivity index (χ2n) is 10.1. The molecule has 1 atom stereocenters. The normalized spacial score (nSPS) is 16.9. The van der Waals surface area contributed by atoms with Crippen molar-refractivity contribution < 1.29 is 24.3 Å². The van der Waals surface area contributed by atoms with Crippen molar-refractivity contribution in [2.75, 3.05) is 27.2 Å². The SMILES string of the molecule is CCc1ccc(C2C(=C([O-])c3ccc(OCc4ccccc4)c(C)c3)C(=O)C(=O)N2CCC[NH+](C)C)cc1. The molecule has 1 amide bonds. The molecule has 198 valence electrons. The molecule has 1 aliphatic heterocycles. The first-order chi connectivity index (χ1) is 18.3. The van der Waals surface area contributed by atoms with Crippen LogP contribution in [0.4, 0.5) is 0 Å². The smallest absolute Gasteiger partial charge is 0.295 e. The maximum absolute atomic E-state index is 13.8. The quantitative estimate of drug-likeness (QED) is 0.258. The number of rotatable bonds is 10. The van der Waals surface area contributed by atoms with E-state index in [0.717, 1.165) is 41.6 Å². The van der Waals surface area contributed by atoms with Gasteiger partial charge in [0.2, 0.25) is 5.78 Å². The summed E-state index contributed by atoms with van der Waals surface area (Å²) in [5, 5.41) is 13.8. The first-order valence-electron chi connectivity index (χ1n) is 13.2. The molecule has 6 heteroatoms. The summed E-state index contributed by atoms with van der Waals surface area (Å²) in [6, 6.07) is 22.2. The van der Waals surface area contributed by atoms with E-state index in [1.807, 2.05) is 61.5 Å². The number of likely N-dealkylation sites (tertiary alicyclic amines) is 1. The predicted molar refractivity (Wildman–Crippen MR) is 146 cm³/mol. The van der Waals surface area contributed by atoms with Crippen LogP contribution in [-0.4, -0.2) is 43.8 Å². The van der Waals surface area contributed by atoms with Gasteiger partial charge in [0.15, 0.2) is 0 Å². The van der Waals surface area contributed by atoms with Crippen molar-refractivity contribution >= 4 is 17.4 Å². The van der Waals surface area contributed by atoms with Crippen LogP contribution in [0.3, 0.4) is 0 Å². The van der Waals surface area contributed by atoms with Gasteiger partial charge in [0.1, 0.15) is 12.4 Å². The molecule has 4 rings (SSSR count). The fraction of sp³-hybridized carbons (Fsp3) is 0.312. The number of amides is 1. The average Bonchev–Trinajstić information content (AvgIpc) is 3.17. The van der Waals surface area contributed by atoms with Crippen molar-refractivity contribution in [3.63, 3.8) is 0 Å². The van der Waals surface area contributed by atoms with Crippen LogP contribution in [0.2, 0.25) is 0 Å². The summed E-state index contributed by atoms with van der Waals surface area (Å²) in [6.45, 7) is 5.63. The lowest BCUT2D eigenvalue weighted by atomic mass is 9.94. The molecule has 1 fully saturated rings. The van der Waals surface area contributed by atoms with Crippen molar-refractivity contribution in [3.05, 3.63) is 106 Å². The lowest BCUT2D eigenvalue weighted by Gasteiger charge is -2.28. The highest BCUT2D eigenvalue weighted by Gasteiger charge is 2.43. The molecule has 1 saturated heterocycles. The van der Waals surface area contributed by atoms with E-state index in [9.17, 15) is 14.7 Å². The number of ether oxygens (including phenoxy) is 1. The van der Waals surface area contributed by atoms with Gasteiger partial charge in [0.25, 0.3) is 5.91 Å². The van der Waals surface area contributed by atoms with Crippen molar-refractivity contribution in [2.24, 2.45) is 0 Å². The van der Waals surface area contributed by atoms with Crippen molar-refractivity contribution in [3.8, 4) is 5.75 Å². The first kappa shape index (κ1) is 27.1. The van der Waals surface area contributed by atoms with E-state index in [4.69, 9.17) is 4.74 Å². The first-order valence-corrected chi connectivity index (χ1v) is 13.2. The molecule has 0 radical (unpaired) electrons. The standard InChI is InChI=1S/C32H36N2O4/c1-5-23-12-14-25(15-13-23)29-28(31(36)32(37)34(29)19-9-18-33(3)4)30(35)26-16-17-27(22(2)20-26)38-21-24-10-7-6-8-11-24/h6-8,10-17,20,29,35H,5,9,18-19,21H2,1-4H3. The molecule has 1 aliphatic rings. The molecule has 6 nitrogen and oxygen atoms in total. The Morgan fingerprint density at radius 3 is 2.32 bits per heavy atom. The summed E-state index contributed by atoms with van der Waals surface area (Å²) in [6.07, 6.45) is 1.62. The summed E-state index contributed by atoms with van der Waals surface area (Å²) in [5.74, 6) is -1.06. The number of Topliss-reactive ketones (excluding diaryl/α,β-unsaturated/α-hetero) is 1. The van der Waals surface area contributed by atoms with Crippen LogP contribution in [0.15, 0.2) is 78.4 Å². The van der Waals surface area contributed by atoms with Gasteiger partial charge in [-0.1, -0.05) is 73.3 Å². The number of nitrogens with one attached hydrogen (secondary N) is 1. The maximum Gasteiger partial charge on any atom is 0.295 e. The number of nitrogens with zero attached hydrogens (tertiary/aromatic N) is 1. The van der Waals surface area contributed by atoms with Crippen molar-refractivity contribution in [2.45, 2.75) is 39.3 Å². The van der Waals surface area contributed by atoms with Crippen molar-refractivity contribution in [1.82, 2.24) is 4.90 Å². The van der Waals surface area contributed by atoms with Crippen LogP contribution >= 0.6 is 0 Å². The highest BCUT2D eigenvalue weighted by atomic mass is 16.5. The topological polar surface area (TPSA) is 74.1 Å². The summed E-state index contributed by atoms with van der Waals surface area (Å²) in [5.41, 5.74) is 4.17. The van der Waals surface area contributed by atoms with Gasteiger partial charge < -0.3 is 19.6 Å². The summed E-state index contributed by atoms with van der Waals surface area (Å²) in [4.78, 5) is 29.3. The lowest BCUT2D eigenvalue weighted by molar-refractivity contribution is -0.858. The van der Waals surface area contributed by atoms with Crippen LogP contribution < -0.4 is 14.7 Å². The van der Waals surface area contributed by atoms with Crippen LogP contribution in [0.1, 0.15) is 47.2 Å². The number of hydrogen-bond donors (Lipinski definition) is 1. The number of quaternary nitrogens is 1. The zero-order valence-corrected chi connectivity index (χ0v) is 22.6. The van der Waals surface area contributed by atoms with E-state index in [0.29, 0.717) is 24.5 Å². The summed E-state index contributed by atoms with van der Waals surface area (Å²) < 4.78 is 5.96. The Labute approximate surface area is 225 Å². The molecule has 1 N–H and O–H groups in total. The van der Waals surface area contributed by atoms with Gasteiger partial charge in [-0.2, -0.15) is 0 Å². The lowest BCUT2D eigenvalue weighted by Crippen LogP contribution is -3.05. The predicted octanol–water partition coefficient (Wildman–Crippen LogP) is 2.90. The molecule has 38 heavy (non-hydrogen) atoms. The number of ketones is 1. The number of aryl methyl sites for hydroxylation is 2. The van der Waals surface area contributed by atoms with Crippen molar-refractivity contribution in [1.29, 1.82) is 0 Å². The Bertz CT molecular complexity index is 1310. The fourth-order valence-corrected chi connectivity index (χ4v) is 4.83. The van der Waals surface area contributed by atoms with Gasteiger partial charge in [0.05, 0.1) is 26.7 Å². The third-order valence-corrected chi connectivity index (χ3v) is 6.98. The fourth-order valence-electron chi connectivity index (χ4n) is 4.83.